The first kappa shape index (κ1) is 10.8. The van der Waals surface area contributed by atoms with Crippen LogP contribution in [0.2, 0.25) is 0 Å². The molecule has 1 rings (SSSR count). The summed E-state index contributed by atoms with van der Waals surface area (Å²) in [6, 6.07) is 4.21. The van der Waals surface area contributed by atoms with Gasteiger partial charge in [-0.3, -0.25) is 0 Å². The van der Waals surface area contributed by atoms with Crippen molar-refractivity contribution in [3.63, 3.8) is 0 Å². The number of hydrogen-bond donors (Lipinski definition) is 0. The SMILES string of the molecule is C=CCc1cccc(C(F)(F)F)c1C. The summed E-state index contributed by atoms with van der Waals surface area (Å²) in [6.45, 7) is 5.00. The van der Waals surface area contributed by atoms with Gasteiger partial charge in [-0.15, -0.1) is 6.58 Å². The number of benzene rings is 1. The van der Waals surface area contributed by atoms with Gasteiger partial charge in [0.15, 0.2) is 0 Å². The first-order chi connectivity index (χ1) is 6.46. The zero-order valence-corrected chi connectivity index (χ0v) is 7.86. The molecule has 76 valence electrons. The third-order valence-corrected chi connectivity index (χ3v) is 2.12. The average molecular weight is 200 g/mol. The van der Waals surface area contributed by atoms with Gasteiger partial charge in [-0.2, -0.15) is 13.2 Å². The van der Waals surface area contributed by atoms with Gasteiger partial charge in [0.25, 0.3) is 0 Å². The number of halogens is 3. The van der Waals surface area contributed by atoms with Gasteiger partial charge < -0.3 is 0 Å². The number of hydrogen-bond acceptors (Lipinski definition) is 0. The second-order valence-electron chi connectivity index (χ2n) is 3.08. The molecule has 0 amide bonds. The normalized spacial score (nSPS) is 11.4. The maximum Gasteiger partial charge on any atom is 0.416 e. The van der Waals surface area contributed by atoms with E-state index in [1.165, 1.54) is 13.0 Å². The van der Waals surface area contributed by atoms with E-state index in [-0.39, 0.29) is 0 Å². The monoisotopic (exact) mass is 200 g/mol. The fourth-order valence-corrected chi connectivity index (χ4v) is 1.37. The molecule has 0 atom stereocenters. The van der Waals surface area contributed by atoms with Gasteiger partial charge in [0.1, 0.15) is 0 Å². The van der Waals surface area contributed by atoms with Crippen molar-refractivity contribution in [2.24, 2.45) is 0 Å². The summed E-state index contributed by atoms with van der Waals surface area (Å²) in [5.41, 5.74) is 0.409. The standard InChI is InChI=1S/C11H11F3/c1-3-5-9-6-4-7-10(8(9)2)11(12,13)14/h3-4,6-7H,1,5H2,2H3. The molecule has 0 N–H and O–H groups in total. The minimum Gasteiger partial charge on any atom is -0.166 e. The van der Waals surface area contributed by atoms with Gasteiger partial charge in [-0.05, 0) is 30.5 Å². The Morgan fingerprint density at radius 2 is 2.00 bits per heavy atom. The lowest BCUT2D eigenvalue weighted by atomic mass is 10.00. The van der Waals surface area contributed by atoms with E-state index in [1.807, 2.05) is 0 Å². The molecule has 0 aliphatic heterocycles. The Morgan fingerprint density at radius 1 is 1.36 bits per heavy atom. The maximum atomic E-state index is 12.4. The molecule has 0 aliphatic rings. The molecule has 0 aromatic heterocycles. The van der Waals surface area contributed by atoms with E-state index in [1.54, 1.807) is 12.1 Å². The van der Waals surface area contributed by atoms with Gasteiger partial charge in [-0.1, -0.05) is 18.2 Å². The van der Waals surface area contributed by atoms with Gasteiger partial charge in [0, 0.05) is 0 Å². The molecular formula is C11H11F3. The third-order valence-electron chi connectivity index (χ3n) is 2.12. The molecule has 14 heavy (non-hydrogen) atoms. The topological polar surface area (TPSA) is 0 Å². The lowest BCUT2D eigenvalue weighted by molar-refractivity contribution is -0.138. The molecule has 0 nitrogen and oxygen atoms in total. The Bertz CT molecular complexity index is 337. The van der Waals surface area contributed by atoms with Crippen LogP contribution >= 0.6 is 0 Å². The number of alkyl halides is 3. The van der Waals surface area contributed by atoms with Crippen molar-refractivity contribution in [3.8, 4) is 0 Å². The van der Waals surface area contributed by atoms with Crippen LogP contribution in [0.1, 0.15) is 16.7 Å². The highest BCUT2D eigenvalue weighted by atomic mass is 19.4. The van der Waals surface area contributed by atoms with Crippen molar-refractivity contribution in [2.75, 3.05) is 0 Å². The molecule has 0 saturated heterocycles. The van der Waals surface area contributed by atoms with Crippen LogP contribution in [0.5, 0.6) is 0 Å². The third kappa shape index (κ3) is 2.16. The Balaban J connectivity index is 3.20. The first-order valence-electron chi connectivity index (χ1n) is 4.23. The predicted molar refractivity (Wildman–Crippen MR) is 50.1 cm³/mol. The average Bonchev–Trinajstić information content (AvgIpc) is 2.07. The fourth-order valence-electron chi connectivity index (χ4n) is 1.37. The smallest absolute Gasteiger partial charge is 0.166 e. The molecule has 0 fully saturated rings. The van der Waals surface area contributed by atoms with Crippen molar-refractivity contribution in [1.82, 2.24) is 0 Å². The first-order valence-corrected chi connectivity index (χ1v) is 4.23. The van der Waals surface area contributed by atoms with Crippen LogP contribution in [-0.4, -0.2) is 0 Å². The Labute approximate surface area is 81.1 Å². The minimum atomic E-state index is -4.26. The summed E-state index contributed by atoms with van der Waals surface area (Å²) >= 11 is 0. The van der Waals surface area contributed by atoms with Crippen LogP contribution in [-0.2, 0) is 12.6 Å². The highest BCUT2D eigenvalue weighted by Gasteiger charge is 2.32. The van der Waals surface area contributed by atoms with Crippen molar-refractivity contribution in [3.05, 3.63) is 47.5 Å². The quantitative estimate of drug-likeness (QED) is 0.638. The lowest BCUT2D eigenvalue weighted by Crippen LogP contribution is -2.08. The van der Waals surface area contributed by atoms with E-state index in [0.29, 0.717) is 17.5 Å². The van der Waals surface area contributed by atoms with Crippen LogP contribution in [0.3, 0.4) is 0 Å². The van der Waals surface area contributed by atoms with Crippen LogP contribution < -0.4 is 0 Å². The summed E-state index contributed by atoms with van der Waals surface area (Å²) < 4.78 is 37.3. The van der Waals surface area contributed by atoms with Crippen LogP contribution in [0.15, 0.2) is 30.9 Å². The van der Waals surface area contributed by atoms with E-state index in [2.05, 4.69) is 6.58 Å². The molecule has 0 bridgehead atoms. The van der Waals surface area contributed by atoms with Crippen molar-refractivity contribution >= 4 is 0 Å². The summed E-state index contributed by atoms with van der Waals surface area (Å²) in [5, 5.41) is 0. The Morgan fingerprint density at radius 3 is 2.50 bits per heavy atom. The van der Waals surface area contributed by atoms with Gasteiger partial charge in [0.05, 0.1) is 5.56 Å². The molecular weight excluding hydrogens is 189 g/mol. The summed E-state index contributed by atoms with van der Waals surface area (Å²) in [7, 11) is 0. The Hall–Kier alpha value is -1.25. The molecule has 0 spiro atoms. The van der Waals surface area contributed by atoms with Crippen LogP contribution in [0, 0.1) is 6.92 Å². The molecule has 1 aromatic rings. The largest absolute Gasteiger partial charge is 0.416 e. The predicted octanol–water partition coefficient (Wildman–Crippen LogP) is 3.74. The zero-order chi connectivity index (χ0) is 10.8. The maximum absolute atomic E-state index is 12.4. The summed E-state index contributed by atoms with van der Waals surface area (Å²) in [4.78, 5) is 0. The number of allylic oxidation sites excluding steroid dienone is 1. The van der Waals surface area contributed by atoms with Crippen LogP contribution in [0.25, 0.3) is 0 Å². The molecule has 1 aromatic carbocycles. The second kappa shape index (κ2) is 3.86. The van der Waals surface area contributed by atoms with Gasteiger partial charge >= 0.3 is 6.18 Å². The Kier molecular flexibility index (Phi) is 2.99. The van der Waals surface area contributed by atoms with E-state index in [9.17, 15) is 13.2 Å². The van der Waals surface area contributed by atoms with E-state index in [0.717, 1.165) is 6.07 Å². The minimum absolute atomic E-state index is 0.292. The highest BCUT2D eigenvalue weighted by Crippen LogP contribution is 2.32. The van der Waals surface area contributed by atoms with E-state index < -0.39 is 11.7 Å². The molecule has 0 radical (unpaired) electrons. The molecule has 0 unspecified atom stereocenters. The van der Waals surface area contributed by atoms with Crippen molar-refractivity contribution in [2.45, 2.75) is 19.5 Å². The zero-order valence-electron chi connectivity index (χ0n) is 7.86. The molecule has 0 heterocycles. The summed E-state index contributed by atoms with van der Waals surface area (Å²) in [6.07, 6.45) is -2.19. The molecule has 3 heteroatoms. The highest BCUT2D eigenvalue weighted by molar-refractivity contribution is 5.36. The summed E-state index contributed by atoms with van der Waals surface area (Å²) in [5.74, 6) is 0. The van der Waals surface area contributed by atoms with E-state index >= 15 is 0 Å². The van der Waals surface area contributed by atoms with Crippen LogP contribution in [0.4, 0.5) is 13.2 Å². The second-order valence-corrected chi connectivity index (χ2v) is 3.08. The van der Waals surface area contributed by atoms with Crippen molar-refractivity contribution in [1.29, 1.82) is 0 Å². The van der Waals surface area contributed by atoms with Crippen molar-refractivity contribution < 1.29 is 13.2 Å². The van der Waals surface area contributed by atoms with Gasteiger partial charge in [-0.25, -0.2) is 0 Å². The molecule has 0 saturated carbocycles. The lowest BCUT2D eigenvalue weighted by Gasteiger charge is -2.12. The number of rotatable bonds is 2. The molecule has 0 aliphatic carbocycles. The van der Waals surface area contributed by atoms with E-state index in [4.69, 9.17) is 0 Å². The fraction of sp³-hybridized carbons (Fsp3) is 0.273. The van der Waals surface area contributed by atoms with Gasteiger partial charge in [0.2, 0.25) is 0 Å².